The Morgan fingerprint density at radius 2 is 2.00 bits per heavy atom. The van der Waals surface area contributed by atoms with Crippen LogP contribution in [0.5, 0.6) is 0 Å². The average Bonchev–Trinajstić information content (AvgIpc) is 2.99. The monoisotopic (exact) mass is 197 g/mol. The molecule has 0 spiro atoms. The Kier molecular flexibility index (Phi) is 2.85. The van der Waals surface area contributed by atoms with Crippen molar-refractivity contribution in [3.05, 3.63) is 0 Å². The Balaban J connectivity index is 1.77. The van der Waals surface area contributed by atoms with Gasteiger partial charge in [-0.05, 0) is 37.5 Å². The summed E-state index contributed by atoms with van der Waals surface area (Å²) < 4.78 is 0. The van der Waals surface area contributed by atoms with Gasteiger partial charge in [0.15, 0.2) is 0 Å². The van der Waals surface area contributed by atoms with Crippen LogP contribution in [0.3, 0.4) is 0 Å². The van der Waals surface area contributed by atoms with E-state index < -0.39 is 0 Å². The molecular formula is C12H23NO. The van der Waals surface area contributed by atoms with Crippen LogP contribution < -0.4 is 5.32 Å². The summed E-state index contributed by atoms with van der Waals surface area (Å²) in [7, 11) is 0. The summed E-state index contributed by atoms with van der Waals surface area (Å²) in [6, 6.07) is 0.694. The molecule has 0 heterocycles. The lowest BCUT2D eigenvalue weighted by Gasteiger charge is -2.24. The summed E-state index contributed by atoms with van der Waals surface area (Å²) in [5.74, 6) is 1.65. The maximum atomic E-state index is 9.22. The molecule has 82 valence electrons. The number of aliphatic hydroxyl groups is 1. The van der Waals surface area contributed by atoms with Gasteiger partial charge in [0.2, 0.25) is 0 Å². The van der Waals surface area contributed by atoms with E-state index in [9.17, 15) is 5.11 Å². The first-order chi connectivity index (χ1) is 6.67. The third-order valence-corrected chi connectivity index (χ3v) is 3.85. The molecule has 0 radical (unpaired) electrons. The average molecular weight is 197 g/mol. The minimum absolute atomic E-state index is 0.266. The fourth-order valence-electron chi connectivity index (χ4n) is 2.30. The van der Waals surface area contributed by atoms with E-state index in [4.69, 9.17) is 0 Å². The third-order valence-electron chi connectivity index (χ3n) is 3.85. The molecule has 2 rings (SSSR count). The Bertz CT molecular complexity index is 192. The largest absolute Gasteiger partial charge is 0.396 e. The summed E-state index contributed by atoms with van der Waals surface area (Å²) in [5.41, 5.74) is 0.266. The van der Waals surface area contributed by atoms with Gasteiger partial charge in [0.25, 0.3) is 0 Å². The minimum Gasteiger partial charge on any atom is -0.396 e. The van der Waals surface area contributed by atoms with Crippen LogP contribution in [0.25, 0.3) is 0 Å². The van der Waals surface area contributed by atoms with E-state index in [1.54, 1.807) is 0 Å². The lowest BCUT2D eigenvalue weighted by Crippen LogP contribution is -2.40. The fraction of sp³-hybridized carbons (Fsp3) is 1.00. The summed E-state index contributed by atoms with van der Waals surface area (Å²) in [4.78, 5) is 0. The van der Waals surface area contributed by atoms with Crippen molar-refractivity contribution in [2.24, 2.45) is 17.3 Å². The number of aliphatic hydroxyl groups excluding tert-OH is 1. The van der Waals surface area contributed by atoms with E-state index in [0.717, 1.165) is 18.4 Å². The predicted octanol–water partition coefficient (Wildman–Crippen LogP) is 1.78. The molecule has 1 atom stereocenters. The maximum absolute atomic E-state index is 9.22. The molecule has 2 heteroatoms. The van der Waals surface area contributed by atoms with Crippen LogP contribution in [-0.4, -0.2) is 24.3 Å². The molecular weight excluding hydrogens is 174 g/mol. The molecule has 2 fully saturated rings. The van der Waals surface area contributed by atoms with Gasteiger partial charge >= 0.3 is 0 Å². The first-order valence-electron chi connectivity index (χ1n) is 6.01. The van der Waals surface area contributed by atoms with Crippen LogP contribution in [0.1, 0.15) is 39.5 Å². The van der Waals surface area contributed by atoms with E-state index in [-0.39, 0.29) is 5.41 Å². The van der Waals surface area contributed by atoms with Gasteiger partial charge in [-0.15, -0.1) is 0 Å². The molecule has 0 aromatic carbocycles. The van der Waals surface area contributed by atoms with Crippen molar-refractivity contribution in [2.75, 3.05) is 13.2 Å². The molecule has 2 aliphatic rings. The highest BCUT2D eigenvalue weighted by Crippen LogP contribution is 2.45. The Morgan fingerprint density at radius 1 is 1.36 bits per heavy atom. The molecule has 2 aliphatic carbocycles. The highest BCUT2D eigenvalue weighted by molar-refractivity contribution is 4.97. The lowest BCUT2D eigenvalue weighted by molar-refractivity contribution is 0.197. The van der Waals surface area contributed by atoms with E-state index in [1.807, 2.05) is 0 Å². The van der Waals surface area contributed by atoms with Crippen molar-refractivity contribution in [3.63, 3.8) is 0 Å². The van der Waals surface area contributed by atoms with E-state index >= 15 is 0 Å². The molecule has 0 bridgehead atoms. The summed E-state index contributed by atoms with van der Waals surface area (Å²) in [6.45, 7) is 6.00. The smallest absolute Gasteiger partial charge is 0.0499 e. The number of hydrogen-bond donors (Lipinski definition) is 2. The molecule has 14 heavy (non-hydrogen) atoms. The first-order valence-corrected chi connectivity index (χ1v) is 6.01. The third kappa shape index (κ3) is 2.29. The maximum Gasteiger partial charge on any atom is 0.0499 e. The van der Waals surface area contributed by atoms with Gasteiger partial charge in [0.05, 0.1) is 0 Å². The quantitative estimate of drug-likeness (QED) is 0.680. The van der Waals surface area contributed by atoms with E-state index in [0.29, 0.717) is 12.6 Å². The zero-order valence-corrected chi connectivity index (χ0v) is 9.42. The Labute approximate surface area is 87.1 Å². The highest BCUT2D eigenvalue weighted by Gasteiger charge is 2.43. The summed E-state index contributed by atoms with van der Waals surface area (Å²) in [6.07, 6.45) is 5.24. The van der Waals surface area contributed by atoms with Crippen molar-refractivity contribution >= 4 is 0 Å². The zero-order chi connectivity index (χ0) is 10.2. The van der Waals surface area contributed by atoms with E-state index in [1.165, 1.54) is 25.7 Å². The van der Waals surface area contributed by atoms with Gasteiger partial charge < -0.3 is 10.4 Å². The van der Waals surface area contributed by atoms with Crippen LogP contribution in [-0.2, 0) is 0 Å². The summed E-state index contributed by atoms with van der Waals surface area (Å²) >= 11 is 0. The van der Waals surface area contributed by atoms with Crippen LogP contribution >= 0.6 is 0 Å². The van der Waals surface area contributed by atoms with Gasteiger partial charge in [-0.1, -0.05) is 13.8 Å². The second-order valence-corrected chi connectivity index (χ2v) is 5.65. The molecule has 0 amide bonds. The molecule has 1 unspecified atom stereocenters. The molecule has 0 aromatic heterocycles. The topological polar surface area (TPSA) is 32.3 Å². The standard InChI is InChI=1S/C12H23NO/c1-9(2)11(10-3-4-10)13-7-12(8-14)5-6-12/h9-11,13-14H,3-8H2,1-2H3. The van der Waals surface area contributed by atoms with Gasteiger partial charge in [0.1, 0.15) is 0 Å². The Hall–Kier alpha value is -0.0800. The zero-order valence-electron chi connectivity index (χ0n) is 9.42. The van der Waals surface area contributed by atoms with Gasteiger partial charge in [-0.2, -0.15) is 0 Å². The van der Waals surface area contributed by atoms with Crippen molar-refractivity contribution in [1.29, 1.82) is 0 Å². The Morgan fingerprint density at radius 3 is 2.36 bits per heavy atom. The first kappa shape index (κ1) is 10.4. The predicted molar refractivity (Wildman–Crippen MR) is 58.1 cm³/mol. The fourth-order valence-corrected chi connectivity index (χ4v) is 2.30. The molecule has 0 aromatic rings. The van der Waals surface area contributed by atoms with Crippen molar-refractivity contribution in [1.82, 2.24) is 5.32 Å². The second-order valence-electron chi connectivity index (χ2n) is 5.65. The van der Waals surface area contributed by atoms with Crippen LogP contribution in [0.15, 0.2) is 0 Å². The van der Waals surface area contributed by atoms with E-state index in [2.05, 4.69) is 19.2 Å². The number of nitrogens with one attached hydrogen (secondary N) is 1. The molecule has 2 saturated carbocycles. The molecule has 0 saturated heterocycles. The SMILES string of the molecule is CC(C)C(NCC1(CO)CC1)C1CC1. The summed E-state index contributed by atoms with van der Waals surface area (Å²) in [5, 5.41) is 12.9. The number of hydrogen-bond acceptors (Lipinski definition) is 2. The highest BCUT2D eigenvalue weighted by atomic mass is 16.3. The lowest BCUT2D eigenvalue weighted by atomic mass is 9.98. The van der Waals surface area contributed by atoms with Crippen molar-refractivity contribution in [3.8, 4) is 0 Å². The van der Waals surface area contributed by atoms with Gasteiger partial charge in [-0.25, -0.2) is 0 Å². The van der Waals surface area contributed by atoms with Crippen molar-refractivity contribution < 1.29 is 5.11 Å². The number of rotatable bonds is 6. The van der Waals surface area contributed by atoms with Crippen molar-refractivity contribution in [2.45, 2.75) is 45.6 Å². The molecule has 2 nitrogen and oxygen atoms in total. The second kappa shape index (κ2) is 3.82. The van der Waals surface area contributed by atoms with Gasteiger partial charge in [-0.3, -0.25) is 0 Å². The molecule has 2 N–H and O–H groups in total. The normalized spacial score (nSPS) is 26.6. The van der Waals surface area contributed by atoms with Crippen LogP contribution in [0.4, 0.5) is 0 Å². The molecule has 0 aliphatic heterocycles. The van der Waals surface area contributed by atoms with Crippen LogP contribution in [0, 0.1) is 17.3 Å². The van der Waals surface area contributed by atoms with Gasteiger partial charge in [0, 0.05) is 24.6 Å². The minimum atomic E-state index is 0.266. The van der Waals surface area contributed by atoms with Crippen LogP contribution in [0.2, 0.25) is 0 Å².